The molecule has 0 unspecified atom stereocenters. The molecule has 2 aromatic carbocycles. The number of benzene rings is 2. The van der Waals surface area contributed by atoms with Crippen molar-refractivity contribution in [3.05, 3.63) is 70.3 Å². The minimum atomic E-state index is -2.23. The largest absolute Gasteiger partial charge is 0.394 e. The molecule has 2 aliphatic rings. The molecule has 162 valence electrons. The van der Waals surface area contributed by atoms with Crippen molar-refractivity contribution in [1.82, 2.24) is 0 Å². The number of ether oxygens (including phenoxy) is 1. The van der Waals surface area contributed by atoms with E-state index in [9.17, 15) is 25.5 Å². The molecule has 5 N–H and O–H groups in total. The molecule has 1 aliphatic carbocycles. The number of hydrogen-bond donors (Lipinski definition) is 5. The second-order valence-electron chi connectivity index (χ2n) is 8.50. The lowest BCUT2D eigenvalue weighted by atomic mass is 9.85. The van der Waals surface area contributed by atoms with Gasteiger partial charge in [-0.25, -0.2) is 0 Å². The van der Waals surface area contributed by atoms with Crippen LogP contribution in [-0.2, 0) is 23.4 Å². The Morgan fingerprint density at radius 1 is 0.967 bits per heavy atom. The van der Waals surface area contributed by atoms with Crippen LogP contribution in [-0.4, -0.2) is 56.6 Å². The van der Waals surface area contributed by atoms with E-state index in [1.807, 2.05) is 12.1 Å². The second kappa shape index (κ2) is 8.38. The van der Waals surface area contributed by atoms with Gasteiger partial charge in [0.2, 0.25) is 5.79 Å². The minimum absolute atomic E-state index is 0.295. The highest BCUT2D eigenvalue weighted by Gasteiger charge is 2.53. The normalized spacial score (nSPS) is 31.7. The van der Waals surface area contributed by atoms with Crippen LogP contribution in [0.5, 0.6) is 0 Å². The first kappa shape index (κ1) is 21.4. The molecular formula is C24H30O6. The van der Waals surface area contributed by atoms with Crippen molar-refractivity contribution in [1.29, 1.82) is 0 Å². The van der Waals surface area contributed by atoms with Crippen molar-refractivity contribution in [3.8, 4) is 0 Å². The Balaban J connectivity index is 1.69. The molecule has 30 heavy (non-hydrogen) atoms. The zero-order valence-corrected chi connectivity index (χ0v) is 17.1. The Kier molecular flexibility index (Phi) is 5.99. The highest BCUT2D eigenvalue weighted by molar-refractivity contribution is 5.42. The third-order valence-corrected chi connectivity index (χ3v) is 6.37. The Morgan fingerprint density at radius 3 is 2.23 bits per heavy atom. The first-order valence-electron chi connectivity index (χ1n) is 10.6. The first-order valence-corrected chi connectivity index (χ1v) is 10.6. The highest BCUT2D eigenvalue weighted by Crippen LogP contribution is 2.44. The summed E-state index contributed by atoms with van der Waals surface area (Å²) >= 11 is 0. The van der Waals surface area contributed by atoms with Gasteiger partial charge < -0.3 is 30.3 Å². The van der Waals surface area contributed by atoms with Crippen molar-refractivity contribution in [2.24, 2.45) is 0 Å². The lowest BCUT2D eigenvalue weighted by molar-refractivity contribution is -0.357. The van der Waals surface area contributed by atoms with Gasteiger partial charge in [-0.3, -0.25) is 0 Å². The number of aliphatic hydroxyl groups is 5. The standard InChI is InChI=1S/C24H30O6/c1-2-14-3-5-15(6-4-14)11-17-12-18(9-10-19(17)16-7-8-16)24(29)23(28)22(27)21(26)20(13-25)30-24/h3-6,9-10,12,16,20-23,25-29H,2,7-8,11,13H2,1H3/t20-,21-,22+,23-,24+/m1/s1. The van der Waals surface area contributed by atoms with E-state index in [1.165, 1.54) is 11.1 Å². The van der Waals surface area contributed by atoms with Crippen molar-refractivity contribution in [2.45, 2.75) is 68.7 Å². The fourth-order valence-corrected chi connectivity index (χ4v) is 4.28. The van der Waals surface area contributed by atoms with Crippen LogP contribution in [0.25, 0.3) is 0 Å². The molecule has 4 rings (SSSR count). The molecule has 2 aromatic rings. The van der Waals surface area contributed by atoms with Crippen LogP contribution in [0.15, 0.2) is 42.5 Å². The van der Waals surface area contributed by atoms with Crippen LogP contribution in [0, 0.1) is 0 Å². The van der Waals surface area contributed by atoms with Crippen LogP contribution in [0.4, 0.5) is 0 Å². The highest BCUT2D eigenvalue weighted by atomic mass is 16.7. The summed E-state index contributed by atoms with van der Waals surface area (Å²) < 4.78 is 5.50. The van der Waals surface area contributed by atoms with Crippen molar-refractivity contribution in [2.75, 3.05) is 6.61 Å². The molecule has 2 fully saturated rings. The molecule has 0 spiro atoms. The van der Waals surface area contributed by atoms with E-state index in [-0.39, 0.29) is 0 Å². The summed E-state index contributed by atoms with van der Waals surface area (Å²) in [5.74, 6) is -1.73. The smallest absolute Gasteiger partial charge is 0.222 e. The molecule has 1 saturated heterocycles. The van der Waals surface area contributed by atoms with Gasteiger partial charge >= 0.3 is 0 Å². The Hall–Kier alpha value is -1.80. The van der Waals surface area contributed by atoms with Gasteiger partial charge in [-0.2, -0.15) is 0 Å². The fourth-order valence-electron chi connectivity index (χ4n) is 4.28. The van der Waals surface area contributed by atoms with Gasteiger partial charge in [0.25, 0.3) is 0 Å². The third kappa shape index (κ3) is 3.91. The van der Waals surface area contributed by atoms with E-state index in [0.717, 1.165) is 30.4 Å². The lowest BCUT2D eigenvalue weighted by Gasteiger charge is -2.45. The predicted octanol–water partition coefficient (Wildman–Crippen LogP) is 1.34. The summed E-state index contributed by atoms with van der Waals surface area (Å²) in [6.45, 7) is 1.52. The van der Waals surface area contributed by atoms with Crippen molar-refractivity contribution >= 4 is 0 Å². The zero-order chi connectivity index (χ0) is 21.5. The summed E-state index contributed by atoms with van der Waals surface area (Å²) in [7, 11) is 0. The molecule has 0 radical (unpaired) electrons. The van der Waals surface area contributed by atoms with Crippen LogP contribution in [0.3, 0.4) is 0 Å². The average Bonchev–Trinajstić information content (AvgIpc) is 3.60. The molecule has 1 heterocycles. The van der Waals surface area contributed by atoms with E-state index < -0.39 is 36.8 Å². The van der Waals surface area contributed by atoms with Gasteiger partial charge in [0.15, 0.2) is 0 Å². The molecule has 0 amide bonds. The van der Waals surface area contributed by atoms with Crippen LogP contribution in [0.1, 0.15) is 53.5 Å². The molecule has 0 bridgehead atoms. The maximum atomic E-state index is 11.2. The van der Waals surface area contributed by atoms with Crippen molar-refractivity contribution in [3.63, 3.8) is 0 Å². The predicted molar refractivity (Wildman–Crippen MR) is 111 cm³/mol. The summed E-state index contributed by atoms with van der Waals surface area (Å²) in [6, 6.07) is 13.9. The van der Waals surface area contributed by atoms with Gasteiger partial charge in [-0.15, -0.1) is 0 Å². The Labute approximate surface area is 176 Å². The first-order chi connectivity index (χ1) is 14.4. The molecule has 6 nitrogen and oxygen atoms in total. The SMILES string of the molecule is CCc1ccc(Cc2cc([C@]3(O)O[C@H](CO)[C@@H](O)[C@H](O)[C@H]3O)ccc2C2CC2)cc1. The Morgan fingerprint density at radius 2 is 1.63 bits per heavy atom. The van der Waals surface area contributed by atoms with E-state index in [2.05, 4.69) is 31.2 Å². The van der Waals surface area contributed by atoms with Crippen LogP contribution in [0.2, 0.25) is 0 Å². The van der Waals surface area contributed by atoms with E-state index >= 15 is 0 Å². The van der Waals surface area contributed by atoms with Gasteiger partial charge in [0.05, 0.1) is 6.61 Å². The summed E-state index contributed by atoms with van der Waals surface area (Å²) in [5.41, 5.74) is 4.96. The zero-order valence-electron chi connectivity index (χ0n) is 17.1. The van der Waals surface area contributed by atoms with Crippen LogP contribution < -0.4 is 0 Å². The topological polar surface area (TPSA) is 110 Å². The lowest BCUT2D eigenvalue weighted by Crippen LogP contribution is -2.63. The number of hydrogen-bond acceptors (Lipinski definition) is 6. The molecule has 5 atom stereocenters. The average molecular weight is 414 g/mol. The van der Waals surface area contributed by atoms with Crippen LogP contribution >= 0.6 is 0 Å². The monoisotopic (exact) mass is 414 g/mol. The molecule has 6 heteroatoms. The summed E-state index contributed by atoms with van der Waals surface area (Å²) in [6.07, 6.45) is -2.19. The quantitative estimate of drug-likeness (QED) is 0.488. The molecule has 1 aliphatic heterocycles. The van der Waals surface area contributed by atoms with Gasteiger partial charge in [0, 0.05) is 5.56 Å². The molecule has 0 aromatic heterocycles. The number of aliphatic hydroxyl groups excluding tert-OH is 4. The number of aryl methyl sites for hydroxylation is 1. The van der Waals surface area contributed by atoms with Gasteiger partial charge in [-0.05, 0) is 59.9 Å². The van der Waals surface area contributed by atoms with E-state index in [1.54, 1.807) is 6.07 Å². The van der Waals surface area contributed by atoms with Gasteiger partial charge in [-0.1, -0.05) is 43.3 Å². The Bertz CT molecular complexity index is 876. The summed E-state index contributed by atoms with van der Waals surface area (Å²) in [4.78, 5) is 0. The maximum absolute atomic E-state index is 11.2. The van der Waals surface area contributed by atoms with Crippen molar-refractivity contribution < 1.29 is 30.3 Å². The minimum Gasteiger partial charge on any atom is -0.394 e. The molecule has 1 saturated carbocycles. The summed E-state index contributed by atoms with van der Waals surface area (Å²) in [5, 5.41) is 51.3. The number of rotatable bonds is 6. The molecular weight excluding hydrogens is 384 g/mol. The second-order valence-corrected chi connectivity index (χ2v) is 8.50. The van der Waals surface area contributed by atoms with E-state index in [0.29, 0.717) is 17.9 Å². The third-order valence-electron chi connectivity index (χ3n) is 6.37. The fraction of sp³-hybridized carbons (Fsp3) is 0.500. The maximum Gasteiger partial charge on any atom is 0.222 e. The van der Waals surface area contributed by atoms with Gasteiger partial charge in [0.1, 0.15) is 24.4 Å². The van der Waals surface area contributed by atoms with E-state index in [4.69, 9.17) is 4.74 Å².